The maximum absolute atomic E-state index is 15.8. The summed E-state index contributed by atoms with van der Waals surface area (Å²) in [6, 6.07) is 8.82. The molecule has 0 N–H and O–H groups in total. The molecule has 0 radical (unpaired) electrons. The summed E-state index contributed by atoms with van der Waals surface area (Å²) in [6.07, 6.45) is 36.2. The van der Waals surface area contributed by atoms with Crippen LogP contribution in [-0.2, 0) is 4.74 Å². The molecule has 0 aromatic heterocycles. The molecule has 4 saturated carbocycles. The van der Waals surface area contributed by atoms with Crippen LogP contribution in [0, 0.1) is 70.6 Å². The van der Waals surface area contributed by atoms with Crippen molar-refractivity contribution in [1.82, 2.24) is 0 Å². The first-order valence-corrected chi connectivity index (χ1v) is 25.4. The first kappa shape index (κ1) is 46.6. The van der Waals surface area contributed by atoms with Crippen LogP contribution >= 0.6 is 0 Å². The van der Waals surface area contributed by atoms with Crippen LogP contribution in [0.3, 0.4) is 0 Å². The second-order valence-electron chi connectivity index (χ2n) is 20.3. The Morgan fingerprint density at radius 3 is 1.10 bits per heavy atom. The highest BCUT2D eigenvalue weighted by Crippen LogP contribution is 2.51. The summed E-state index contributed by atoms with van der Waals surface area (Å²) in [6.45, 7) is 4.56. The lowest BCUT2D eigenvalue weighted by Gasteiger charge is -2.43. The zero-order chi connectivity index (χ0) is 41.4. The maximum atomic E-state index is 15.8. The molecule has 5 heteroatoms. The summed E-state index contributed by atoms with van der Waals surface area (Å²) < 4.78 is 68.7. The lowest BCUT2D eigenvalue weighted by atomic mass is 9.67. The molecule has 0 heterocycles. The molecule has 0 aliphatic heterocycles. The van der Waals surface area contributed by atoms with Crippen LogP contribution in [0.15, 0.2) is 36.4 Å². The van der Waals surface area contributed by atoms with E-state index in [1.165, 1.54) is 153 Å². The van der Waals surface area contributed by atoms with E-state index in [4.69, 9.17) is 4.74 Å². The molecule has 1 nitrogen and oxygen atoms in total. The van der Waals surface area contributed by atoms with Crippen LogP contribution in [0.2, 0.25) is 0 Å². The fourth-order valence-corrected chi connectivity index (χ4v) is 12.7. The van der Waals surface area contributed by atoms with Gasteiger partial charge in [-0.2, -0.15) is 0 Å². The zero-order valence-corrected chi connectivity index (χ0v) is 37.4. The van der Waals surface area contributed by atoms with E-state index >= 15 is 8.78 Å². The van der Waals surface area contributed by atoms with Gasteiger partial charge in [0.05, 0.1) is 12.2 Å². The standard InChI is InChI=1S/C54H82F4O/c1-3-5-7-9-11-13-17-39-23-27-41(28-24-39)43-31-35-45(36-32-43)53(47-19-15-21-49(55)51(47)57)59-54(48-20-16-22-50(56)52(48)58)46-37-33-44(34-38-46)42-29-25-40(26-30-42)18-14-12-10-8-6-4-2/h15-16,19-22,39-46,53-54H,3-14,17-18,23-38H2,1-2H3. The highest BCUT2D eigenvalue weighted by molar-refractivity contribution is 5.25. The van der Waals surface area contributed by atoms with Crippen LogP contribution in [0.5, 0.6) is 0 Å². The molecule has 0 bridgehead atoms. The Balaban J connectivity index is 1.07. The number of halogens is 4. The van der Waals surface area contributed by atoms with Gasteiger partial charge in [-0.05, 0) is 137 Å². The first-order chi connectivity index (χ1) is 28.9. The summed E-state index contributed by atoms with van der Waals surface area (Å²) in [5, 5.41) is 0. The summed E-state index contributed by atoms with van der Waals surface area (Å²) in [4.78, 5) is 0. The van der Waals surface area contributed by atoms with E-state index in [0.717, 1.165) is 75.0 Å². The third kappa shape index (κ3) is 13.6. The Kier molecular flexibility index (Phi) is 19.5. The van der Waals surface area contributed by atoms with Crippen LogP contribution in [0.25, 0.3) is 0 Å². The van der Waals surface area contributed by atoms with E-state index in [2.05, 4.69) is 13.8 Å². The number of ether oxygens (including phenoxy) is 1. The number of hydrogen-bond acceptors (Lipinski definition) is 1. The van der Waals surface area contributed by atoms with Crippen LogP contribution in [-0.4, -0.2) is 0 Å². The Labute approximate surface area is 358 Å². The van der Waals surface area contributed by atoms with Gasteiger partial charge in [0.15, 0.2) is 23.3 Å². The molecule has 6 rings (SSSR count). The fraction of sp³-hybridized carbons (Fsp3) is 0.778. The summed E-state index contributed by atoms with van der Waals surface area (Å²) in [5.41, 5.74) is 0.466. The second kappa shape index (κ2) is 24.7. The van der Waals surface area contributed by atoms with Crippen molar-refractivity contribution in [3.63, 3.8) is 0 Å². The van der Waals surface area contributed by atoms with Crippen molar-refractivity contribution in [2.75, 3.05) is 0 Å². The molecule has 0 saturated heterocycles. The van der Waals surface area contributed by atoms with Crippen molar-refractivity contribution in [2.45, 2.75) is 219 Å². The average molecular weight is 823 g/mol. The van der Waals surface area contributed by atoms with Gasteiger partial charge in [-0.3, -0.25) is 0 Å². The molecule has 4 aliphatic carbocycles. The molecule has 2 atom stereocenters. The second-order valence-corrected chi connectivity index (χ2v) is 20.3. The Hall–Kier alpha value is -1.88. The van der Waals surface area contributed by atoms with Gasteiger partial charge in [-0.25, -0.2) is 17.6 Å². The Morgan fingerprint density at radius 1 is 0.424 bits per heavy atom. The highest BCUT2D eigenvalue weighted by Gasteiger charge is 2.41. The van der Waals surface area contributed by atoms with Crippen molar-refractivity contribution in [3.8, 4) is 0 Å². The molecular formula is C54H82F4O. The van der Waals surface area contributed by atoms with Crippen LogP contribution in [0.4, 0.5) is 17.6 Å². The summed E-state index contributed by atoms with van der Waals surface area (Å²) in [5.74, 6) is 1.10. The molecule has 0 amide bonds. The molecule has 332 valence electrons. The van der Waals surface area contributed by atoms with E-state index < -0.39 is 35.5 Å². The predicted octanol–water partition coefficient (Wildman–Crippen LogP) is 17.8. The largest absolute Gasteiger partial charge is 0.365 e. The Bertz CT molecular complexity index is 1350. The van der Waals surface area contributed by atoms with E-state index in [1.807, 2.05) is 0 Å². The topological polar surface area (TPSA) is 9.23 Å². The van der Waals surface area contributed by atoms with Crippen LogP contribution in [0.1, 0.15) is 230 Å². The van der Waals surface area contributed by atoms with Gasteiger partial charge in [-0.1, -0.05) is 154 Å². The van der Waals surface area contributed by atoms with Crippen molar-refractivity contribution >= 4 is 0 Å². The average Bonchev–Trinajstić information content (AvgIpc) is 3.27. The summed E-state index contributed by atoms with van der Waals surface area (Å²) in [7, 11) is 0. The molecule has 4 fully saturated rings. The number of benzene rings is 2. The molecule has 0 spiro atoms. The van der Waals surface area contributed by atoms with Crippen LogP contribution < -0.4 is 0 Å². The minimum atomic E-state index is -0.877. The van der Waals surface area contributed by atoms with Gasteiger partial charge in [0, 0.05) is 11.1 Å². The smallest absolute Gasteiger partial charge is 0.164 e. The molecule has 2 aromatic carbocycles. The third-order valence-electron chi connectivity index (χ3n) is 16.4. The van der Waals surface area contributed by atoms with Crippen molar-refractivity contribution < 1.29 is 22.3 Å². The molecule has 2 aromatic rings. The lowest BCUT2D eigenvalue weighted by molar-refractivity contribution is -0.0962. The third-order valence-corrected chi connectivity index (χ3v) is 16.4. The lowest BCUT2D eigenvalue weighted by Crippen LogP contribution is -2.32. The van der Waals surface area contributed by atoms with E-state index in [0.29, 0.717) is 11.8 Å². The molecule has 59 heavy (non-hydrogen) atoms. The monoisotopic (exact) mass is 823 g/mol. The molecule has 2 unspecified atom stereocenters. The van der Waals surface area contributed by atoms with E-state index in [1.54, 1.807) is 24.3 Å². The highest BCUT2D eigenvalue weighted by atomic mass is 19.2. The first-order valence-electron chi connectivity index (χ1n) is 25.4. The van der Waals surface area contributed by atoms with Gasteiger partial charge in [0.1, 0.15) is 0 Å². The fourth-order valence-electron chi connectivity index (χ4n) is 12.7. The maximum Gasteiger partial charge on any atom is 0.164 e. The number of rotatable bonds is 22. The van der Waals surface area contributed by atoms with Gasteiger partial charge >= 0.3 is 0 Å². The minimum Gasteiger partial charge on any atom is -0.365 e. The SMILES string of the molecule is CCCCCCCCC1CCC(C2CCC(C(OC(c3cccc(F)c3F)C3CCC(C4CCC(CCCCCCCC)CC4)CC3)c3cccc(F)c3F)CC2)CC1. The van der Waals surface area contributed by atoms with E-state index in [9.17, 15) is 8.78 Å². The van der Waals surface area contributed by atoms with E-state index in [-0.39, 0.29) is 23.0 Å². The number of unbranched alkanes of at least 4 members (excludes halogenated alkanes) is 10. The van der Waals surface area contributed by atoms with Gasteiger partial charge < -0.3 is 4.74 Å². The molecular weight excluding hydrogens is 741 g/mol. The van der Waals surface area contributed by atoms with Gasteiger partial charge in [-0.15, -0.1) is 0 Å². The normalized spacial score (nSPS) is 29.0. The van der Waals surface area contributed by atoms with Gasteiger partial charge in [0.25, 0.3) is 0 Å². The van der Waals surface area contributed by atoms with Crippen molar-refractivity contribution in [2.24, 2.45) is 47.3 Å². The quantitative estimate of drug-likeness (QED) is 0.0849. The minimum absolute atomic E-state index is 0.00594. The van der Waals surface area contributed by atoms with Gasteiger partial charge in [0.2, 0.25) is 0 Å². The van der Waals surface area contributed by atoms with Crippen molar-refractivity contribution in [1.29, 1.82) is 0 Å². The molecule has 4 aliphatic rings. The zero-order valence-electron chi connectivity index (χ0n) is 37.4. The summed E-state index contributed by atoms with van der Waals surface area (Å²) >= 11 is 0. The van der Waals surface area contributed by atoms with Crippen molar-refractivity contribution in [3.05, 3.63) is 70.8 Å². The number of hydrogen-bond donors (Lipinski definition) is 0. The Morgan fingerprint density at radius 2 is 0.746 bits per heavy atom. The predicted molar refractivity (Wildman–Crippen MR) is 237 cm³/mol.